The van der Waals surface area contributed by atoms with Gasteiger partial charge < -0.3 is 4.90 Å². The fraction of sp³-hybridized carbons (Fsp3) is 0.235. The van der Waals surface area contributed by atoms with Gasteiger partial charge in [0.25, 0.3) is 0 Å². The van der Waals surface area contributed by atoms with Crippen LogP contribution in [0.1, 0.15) is 23.5 Å². The van der Waals surface area contributed by atoms with Crippen molar-refractivity contribution in [1.29, 1.82) is 0 Å². The number of benzene rings is 2. The first-order valence-corrected chi connectivity index (χ1v) is 6.69. The molecule has 1 fully saturated rings. The molecule has 0 unspecified atom stereocenters. The van der Waals surface area contributed by atoms with E-state index in [1.165, 1.54) is 11.1 Å². The van der Waals surface area contributed by atoms with Crippen LogP contribution in [0, 0.1) is 0 Å². The first-order chi connectivity index (χ1) is 9.33. The lowest BCUT2D eigenvalue weighted by molar-refractivity contribution is -0.128. The van der Waals surface area contributed by atoms with E-state index in [0.29, 0.717) is 12.3 Å². The Morgan fingerprint density at radius 2 is 1.58 bits per heavy atom. The summed E-state index contributed by atoms with van der Waals surface area (Å²) in [6, 6.07) is 20.5. The highest BCUT2D eigenvalue weighted by Crippen LogP contribution is 2.28. The highest BCUT2D eigenvalue weighted by Gasteiger charge is 2.30. The van der Waals surface area contributed by atoms with Crippen LogP contribution in [0.15, 0.2) is 60.7 Å². The van der Waals surface area contributed by atoms with Crippen molar-refractivity contribution in [2.24, 2.45) is 0 Å². The largest absolute Gasteiger partial charge is 0.338 e. The minimum absolute atomic E-state index is 0.262. The first kappa shape index (κ1) is 12.0. The molecule has 3 rings (SSSR count). The van der Waals surface area contributed by atoms with Crippen LogP contribution in [0.2, 0.25) is 0 Å². The second-order valence-electron chi connectivity index (χ2n) is 5.07. The smallest absolute Gasteiger partial charge is 0.223 e. The minimum Gasteiger partial charge on any atom is -0.338 e. The van der Waals surface area contributed by atoms with Gasteiger partial charge in [-0.15, -0.1) is 0 Å². The standard InChI is InChI=1S/C17H17NO/c19-17-11-16(15-9-5-2-6-10-15)13-18(17)12-14-7-3-1-4-8-14/h1-10,16H,11-13H2/t16-/m1/s1. The predicted molar refractivity (Wildman–Crippen MR) is 75.7 cm³/mol. The van der Waals surface area contributed by atoms with Gasteiger partial charge in [-0.2, -0.15) is 0 Å². The average Bonchev–Trinajstić information content (AvgIpc) is 2.82. The fourth-order valence-corrected chi connectivity index (χ4v) is 2.68. The summed E-state index contributed by atoms with van der Waals surface area (Å²) >= 11 is 0. The van der Waals surface area contributed by atoms with Gasteiger partial charge in [-0.05, 0) is 11.1 Å². The van der Waals surface area contributed by atoms with Gasteiger partial charge in [0.1, 0.15) is 0 Å². The van der Waals surface area contributed by atoms with E-state index in [1.807, 2.05) is 41.3 Å². The summed E-state index contributed by atoms with van der Waals surface area (Å²) in [6.07, 6.45) is 0.636. The van der Waals surface area contributed by atoms with Crippen LogP contribution in [-0.2, 0) is 11.3 Å². The normalized spacial score (nSPS) is 18.8. The number of likely N-dealkylation sites (tertiary alicyclic amines) is 1. The number of carbonyl (C=O) groups is 1. The van der Waals surface area contributed by atoms with Crippen molar-refractivity contribution in [3.05, 3.63) is 71.8 Å². The molecule has 1 aliphatic heterocycles. The van der Waals surface area contributed by atoms with E-state index in [1.54, 1.807) is 0 Å². The van der Waals surface area contributed by atoms with E-state index in [4.69, 9.17) is 0 Å². The number of hydrogen-bond donors (Lipinski definition) is 0. The third-order valence-corrected chi connectivity index (χ3v) is 3.70. The molecular formula is C17H17NO. The number of hydrogen-bond acceptors (Lipinski definition) is 1. The van der Waals surface area contributed by atoms with Crippen molar-refractivity contribution in [3.63, 3.8) is 0 Å². The average molecular weight is 251 g/mol. The topological polar surface area (TPSA) is 20.3 Å². The SMILES string of the molecule is O=C1C[C@@H](c2ccccc2)CN1Cc1ccccc1. The maximum Gasteiger partial charge on any atom is 0.223 e. The van der Waals surface area contributed by atoms with E-state index in [0.717, 1.165) is 13.1 Å². The van der Waals surface area contributed by atoms with Gasteiger partial charge in [0, 0.05) is 25.4 Å². The molecule has 2 heteroatoms. The summed E-state index contributed by atoms with van der Waals surface area (Å²) < 4.78 is 0. The zero-order valence-corrected chi connectivity index (χ0v) is 10.8. The quantitative estimate of drug-likeness (QED) is 0.820. The van der Waals surface area contributed by atoms with Crippen molar-refractivity contribution >= 4 is 5.91 Å². The molecule has 0 radical (unpaired) electrons. The predicted octanol–water partition coefficient (Wildman–Crippen LogP) is 3.20. The van der Waals surface area contributed by atoms with Crippen LogP contribution >= 0.6 is 0 Å². The number of carbonyl (C=O) groups excluding carboxylic acids is 1. The highest BCUT2D eigenvalue weighted by atomic mass is 16.2. The van der Waals surface area contributed by atoms with Crippen molar-refractivity contribution in [3.8, 4) is 0 Å². The molecule has 1 atom stereocenters. The van der Waals surface area contributed by atoms with Crippen LogP contribution in [-0.4, -0.2) is 17.4 Å². The fourth-order valence-electron chi connectivity index (χ4n) is 2.68. The molecule has 2 aromatic rings. The molecule has 0 saturated carbocycles. The number of nitrogens with zero attached hydrogens (tertiary/aromatic N) is 1. The third-order valence-electron chi connectivity index (χ3n) is 3.70. The Bertz CT molecular complexity index is 550. The summed E-state index contributed by atoms with van der Waals surface area (Å²) in [5.41, 5.74) is 2.47. The maximum absolute atomic E-state index is 12.1. The van der Waals surface area contributed by atoms with Crippen LogP contribution in [0.3, 0.4) is 0 Å². The van der Waals surface area contributed by atoms with Crippen molar-refractivity contribution in [1.82, 2.24) is 4.90 Å². The van der Waals surface area contributed by atoms with Crippen molar-refractivity contribution in [2.75, 3.05) is 6.54 Å². The van der Waals surface area contributed by atoms with Gasteiger partial charge in [-0.25, -0.2) is 0 Å². The first-order valence-electron chi connectivity index (χ1n) is 6.69. The summed E-state index contributed by atoms with van der Waals surface area (Å²) in [7, 11) is 0. The molecule has 0 aromatic heterocycles. The van der Waals surface area contributed by atoms with Gasteiger partial charge in [0.15, 0.2) is 0 Å². The molecular weight excluding hydrogens is 234 g/mol. The minimum atomic E-state index is 0.262. The molecule has 2 aromatic carbocycles. The molecule has 1 heterocycles. The van der Waals surface area contributed by atoms with Crippen LogP contribution < -0.4 is 0 Å². The summed E-state index contributed by atoms with van der Waals surface area (Å²) in [5.74, 6) is 0.607. The Morgan fingerprint density at radius 3 is 2.26 bits per heavy atom. The lowest BCUT2D eigenvalue weighted by Crippen LogP contribution is -2.24. The molecule has 0 bridgehead atoms. The Morgan fingerprint density at radius 1 is 0.947 bits per heavy atom. The summed E-state index contributed by atoms with van der Waals surface area (Å²) in [5, 5.41) is 0. The lowest BCUT2D eigenvalue weighted by Gasteiger charge is -2.16. The second kappa shape index (κ2) is 5.27. The molecule has 1 amide bonds. The van der Waals surface area contributed by atoms with E-state index >= 15 is 0 Å². The van der Waals surface area contributed by atoms with Crippen molar-refractivity contribution in [2.45, 2.75) is 18.9 Å². The summed E-state index contributed by atoms with van der Waals surface area (Å²) in [6.45, 7) is 1.56. The Hall–Kier alpha value is -2.09. The molecule has 1 aliphatic rings. The number of amides is 1. The van der Waals surface area contributed by atoms with Gasteiger partial charge in [0.2, 0.25) is 5.91 Å². The Balaban J connectivity index is 1.71. The molecule has 2 nitrogen and oxygen atoms in total. The van der Waals surface area contributed by atoms with Gasteiger partial charge in [0.05, 0.1) is 0 Å². The van der Waals surface area contributed by atoms with Crippen LogP contribution in [0.4, 0.5) is 0 Å². The second-order valence-corrected chi connectivity index (χ2v) is 5.07. The van der Waals surface area contributed by atoms with E-state index in [-0.39, 0.29) is 5.91 Å². The van der Waals surface area contributed by atoms with Gasteiger partial charge in [-0.3, -0.25) is 4.79 Å². The molecule has 0 aliphatic carbocycles. The highest BCUT2D eigenvalue weighted by molar-refractivity contribution is 5.79. The van der Waals surface area contributed by atoms with Crippen LogP contribution in [0.25, 0.3) is 0 Å². The lowest BCUT2D eigenvalue weighted by atomic mass is 9.99. The zero-order valence-electron chi connectivity index (χ0n) is 10.8. The molecule has 0 spiro atoms. The van der Waals surface area contributed by atoms with Crippen molar-refractivity contribution < 1.29 is 4.79 Å². The molecule has 19 heavy (non-hydrogen) atoms. The molecule has 96 valence electrons. The maximum atomic E-state index is 12.1. The third kappa shape index (κ3) is 2.68. The Kier molecular flexibility index (Phi) is 3.32. The van der Waals surface area contributed by atoms with E-state index < -0.39 is 0 Å². The molecule has 0 N–H and O–H groups in total. The Labute approximate surface area is 113 Å². The summed E-state index contributed by atoms with van der Waals surface area (Å²) in [4.78, 5) is 14.1. The van der Waals surface area contributed by atoms with Crippen LogP contribution in [0.5, 0.6) is 0 Å². The van der Waals surface area contributed by atoms with Gasteiger partial charge in [-0.1, -0.05) is 60.7 Å². The van der Waals surface area contributed by atoms with E-state index in [9.17, 15) is 4.79 Å². The monoisotopic (exact) mass is 251 g/mol. The molecule has 1 saturated heterocycles. The van der Waals surface area contributed by atoms with Gasteiger partial charge >= 0.3 is 0 Å². The number of rotatable bonds is 3. The zero-order chi connectivity index (χ0) is 13.1. The van der Waals surface area contributed by atoms with E-state index in [2.05, 4.69) is 24.3 Å².